The molecule has 5 heteroatoms. The van der Waals surface area contributed by atoms with Gasteiger partial charge in [0.2, 0.25) is 0 Å². The number of nitrogens with zero attached hydrogens (tertiary/aromatic N) is 1. The highest BCUT2D eigenvalue weighted by molar-refractivity contribution is 5.96. The van der Waals surface area contributed by atoms with E-state index >= 15 is 0 Å². The summed E-state index contributed by atoms with van der Waals surface area (Å²) in [5, 5.41) is 9.09. The first-order chi connectivity index (χ1) is 11.6. The van der Waals surface area contributed by atoms with E-state index in [1.807, 2.05) is 36.4 Å². The maximum absolute atomic E-state index is 12.7. The quantitative estimate of drug-likeness (QED) is 0.938. The number of benzene rings is 2. The lowest BCUT2D eigenvalue weighted by molar-refractivity contribution is -0.141. The summed E-state index contributed by atoms with van der Waals surface area (Å²) in [6.07, 6.45) is 0.503. The zero-order chi connectivity index (χ0) is 17.1. The number of amides is 1. The molecule has 1 saturated heterocycles. The van der Waals surface area contributed by atoms with Crippen LogP contribution < -0.4 is 4.74 Å². The van der Waals surface area contributed by atoms with Crippen molar-refractivity contribution < 1.29 is 19.4 Å². The molecule has 24 heavy (non-hydrogen) atoms. The summed E-state index contributed by atoms with van der Waals surface area (Å²) >= 11 is 0. The molecule has 1 atom stereocenters. The molecule has 2 aromatic carbocycles. The zero-order valence-corrected chi connectivity index (χ0v) is 13.4. The molecule has 5 nitrogen and oxygen atoms in total. The number of hydrogen-bond donors (Lipinski definition) is 1. The third-order valence-electron chi connectivity index (χ3n) is 4.36. The Morgan fingerprint density at radius 2 is 1.92 bits per heavy atom. The molecule has 124 valence electrons. The summed E-state index contributed by atoms with van der Waals surface area (Å²) in [4.78, 5) is 25.4. The Labute approximate surface area is 140 Å². The molecule has 0 spiro atoms. The number of rotatable bonds is 4. The standard InChI is InChI=1S/C19H19NO4/c1-24-17-8-7-14(11-16(17)13-5-3-2-4-6-13)18(21)20-10-9-15(12-20)19(22)23/h2-8,11,15H,9-10,12H2,1H3,(H,22,23)/t15-/m0/s1. The van der Waals surface area contributed by atoms with Gasteiger partial charge in [-0.05, 0) is 30.2 Å². The molecule has 0 bridgehead atoms. The van der Waals surface area contributed by atoms with Gasteiger partial charge in [0.25, 0.3) is 5.91 Å². The van der Waals surface area contributed by atoms with E-state index in [0.717, 1.165) is 11.1 Å². The molecule has 0 saturated carbocycles. The van der Waals surface area contributed by atoms with Crippen LogP contribution in [-0.4, -0.2) is 42.1 Å². The van der Waals surface area contributed by atoms with Crippen molar-refractivity contribution in [2.24, 2.45) is 5.92 Å². The van der Waals surface area contributed by atoms with E-state index in [9.17, 15) is 9.59 Å². The second kappa shape index (κ2) is 6.74. The normalized spacial score (nSPS) is 16.9. The van der Waals surface area contributed by atoms with Gasteiger partial charge in [0.1, 0.15) is 5.75 Å². The minimum Gasteiger partial charge on any atom is -0.496 e. The van der Waals surface area contributed by atoms with E-state index in [1.54, 1.807) is 24.1 Å². The topological polar surface area (TPSA) is 66.8 Å². The minimum absolute atomic E-state index is 0.140. The van der Waals surface area contributed by atoms with Gasteiger partial charge in [0, 0.05) is 24.2 Å². The molecule has 0 aromatic heterocycles. The second-order valence-electron chi connectivity index (χ2n) is 5.86. The summed E-state index contributed by atoms with van der Waals surface area (Å²) in [5.74, 6) is -0.757. The van der Waals surface area contributed by atoms with Crippen LogP contribution in [0.15, 0.2) is 48.5 Å². The molecular weight excluding hydrogens is 306 g/mol. The lowest BCUT2D eigenvalue weighted by Gasteiger charge is -2.17. The fourth-order valence-electron chi connectivity index (χ4n) is 3.01. The van der Waals surface area contributed by atoms with Crippen LogP contribution >= 0.6 is 0 Å². The molecule has 0 aliphatic carbocycles. The van der Waals surface area contributed by atoms with Gasteiger partial charge in [-0.15, -0.1) is 0 Å². The predicted molar refractivity (Wildman–Crippen MR) is 90.1 cm³/mol. The molecule has 1 N–H and O–H groups in total. The van der Waals surface area contributed by atoms with Crippen LogP contribution in [0, 0.1) is 5.92 Å². The van der Waals surface area contributed by atoms with Gasteiger partial charge in [-0.1, -0.05) is 30.3 Å². The SMILES string of the molecule is COc1ccc(C(=O)N2CC[C@H](C(=O)O)C2)cc1-c1ccccc1. The molecule has 1 aliphatic rings. The third-order valence-corrected chi connectivity index (χ3v) is 4.36. The second-order valence-corrected chi connectivity index (χ2v) is 5.86. The monoisotopic (exact) mass is 325 g/mol. The maximum atomic E-state index is 12.7. The van der Waals surface area contributed by atoms with Crippen LogP contribution in [0.25, 0.3) is 11.1 Å². The van der Waals surface area contributed by atoms with Gasteiger partial charge >= 0.3 is 5.97 Å². The molecular formula is C19H19NO4. The first kappa shape index (κ1) is 16.1. The van der Waals surface area contributed by atoms with Crippen LogP contribution in [0.3, 0.4) is 0 Å². The zero-order valence-electron chi connectivity index (χ0n) is 13.4. The Hall–Kier alpha value is -2.82. The van der Waals surface area contributed by atoms with E-state index in [4.69, 9.17) is 9.84 Å². The van der Waals surface area contributed by atoms with E-state index < -0.39 is 11.9 Å². The number of carboxylic acids is 1. The van der Waals surface area contributed by atoms with Crippen molar-refractivity contribution in [1.82, 2.24) is 4.90 Å². The molecule has 1 amide bonds. The maximum Gasteiger partial charge on any atom is 0.308 e. The van der Waals surface area contributed by atoms with Crippen molar-refractivity contribution in [3.05, 3.63) is 54.1 Å². The number of carboxylic acid groups (broad SMARTS) is 1. The van der Waals surface area contributed by atoms with Crippen molar-refractivity contribution >= 4 is 11.9 Å². The lowest BCUT2D eigenvalue weighted by Crippen LogP contribution is -2.29. The number of ether oxygens (including phenoxy) is 1. The van der Waals surface area contributed by atoms with Crippen LogP contribution in [0.2, 0.25) is 0 Å². The summed E-state index contributed by atoms with van der Waals surface area (Å²) in [5.41, 5.74) is 2.35. The molecule has 1 fully saturated rings. The Morgan fingerprint density at radius 1 is 1.17 bits per heavy atom. The average molecular weight is 325 g/mol. The van der Waals surface area contributed by atoms with Crippen LogP contribution in [0.5, 0.6) is 5.75 Å². The van der Waals surface area contributed by atoms with Crippen LogP contribution in [0.1, 0.15) is 16.8 Å². The van der Waals surface area contributed by atoms with Crippen molar-refractivity contribution in [2.45, 2.75) is 6.42 Å². The third kappa shape index (κ3) is 3.11. The number of carbonyl (C=O) groups is 2. The van der Waals surface area contributed by atoms with Gasteiger partial charge in [-0.25, -0.2) is 0 Å². The molecule has 1 heterocycles. The molecule has 0 radical (unpaired) electrons. The predicted octanol–water partition coefficient (Wildman–Crippen LogP) is 2.91. The summed E-state index contributed by atoms with van der Waals surface area (Å²) in [7, 11) is 1.60. The molecule has 1 aliphatic heterocycles. The average Bonchev–Trinajstić information content (AvgIpc) is 3.11. The fraction of sp³-hybridized carbons (Fsp3) is 0.263. The van der Waals surface area contributed by atoms with Gasteiger partial charge in [-0.3, -0.25) is 9.59 Å². The van der Waals surface area contributed by atoms with Crippen LogP contribution in [-0.2, 0) is 4.79 Å². The van der Waals surface area contributed by atoms with Gasteiger partial charge < -0.3 is 14.7 Å². The summed E-state index contributed by atoms with van der Waals surface area (Å²) < 4.78 is 5.41. The summed E-state index contributed by atoms with van der Waals surface area (Å²) in [6, 6.07) is 15.0. The Bertz CT molecular complexity index is 757. The van der Waals surface area contributed by atoms with Gasteiger partial charge in [-0.2, -0.15) is 0 Å². The Balaban J connectivity index is 1.89. The highest BCUT2D eigenvalue weighted by Gasteiger charge is 2.31. The number of methoxy groups -OCH3 is 1. The fourth-order valence-corrected chi connectivity index (χ4v) is 3.01. The Morgan fingerprint density at radius 3 is 2.54 bits per heavy atom. The highest BCUT2D eigenvalue weighted by atomic mass is 16.5. The highest BCUT2D eigenvalue weighted by Crippen LogP contribution is 2.31. The van der Waals surface area contributed by atoms with Gasteiger partial charge in [0.15, 0.2) is 0 Å². The van der Waals surface area contributed by atoms with E-state index in [1.165, 1.54) is 0 Å². The van der Waals surface area contributed by atoms with E-state index in [0.29, 0.717) is 24.3 Å². The van der Waals surface area contributed by atoms with E-state index in [2.05, 4.69) is 0 Å². The van der Waals surface area contributed by atoms with Crippen molar-refractivity contribution in [3.8, 4) is 16.9 Å². The van der Waals surface area contributed by atoms with Gasteiger partial charge in [0.05, 0.1) is 13.0 Å². The molecule has 3 rings (SSSR count). The smallest absolute Gasteiger partial charge is 0.308 e. The van der Waals surface area contributed by atoms with Crippen molar-refractivity contribution in [3.63, 3.8) is 0 Å². The number of aliphatic carboxylic acids is 1. The molecule has 2 aromatic rings. The number of hydrogen-bond acceptors (Lipinski definition) is 3. The number of likely N-dealkylation sites (tertiary alicyclic amines) is 1. The first-order valence-electron chi connectivity index (χ1n) is 7.85. The molecule has 0 unspecified atom stereocenters. The van der Waals surface area contributed by atoms with Crippen molar-refractivity contribution in [2.75, 3.05) is 20.2 Å². The first-order valence-corrected chi connectivity index (χ1v) is 7.85. The minimum atomic E-state index is -0.843. The number of carbonyl (C=O) groups excluding carboxylic acids is 1. The lowest BCUT2D eigenvalue weighted by atomic mass is 10.0. The largest absolute Gasteiger partial charge is 0.496 e. The van der Waals surface area contributed by atoms with Crippen molar-refractivity contribution in [1.29, 1.82) is 0 Å². The van der Waals surface area contributed by atoms with E-state index in [-0.39, 0.29) is 12.5 Å². The van der Waals surface area contributed by atoms with Crippen LogP contribution in [0.4, 0.5) is 0 Å². The summed E-state index contributed by atoms with van der Waals surface area (Å²) in [6.45, 7) is 0.739. The Kier molecular flexibility index (Phi) is 4.51.